The van der Waals surface area contributed by atoms with Crippen LogP contribution in [0.25, 0.3) is 10.1 Å². The molecule has 3 nitrogen and oxygen atoms in total. The molecule has 1 aliphatic heterocycles. The molecule has 0 fully saturated rings. The van der Waals surface area contributed by atoms with Gasteiger partial charge in [-0.3, -0.25) is 0 Å². The van der Waals surface area contributed by atoms with Crippen molar-refractivity contribution in [2.75, 3.05) is 7.05 Å². The molecule has 0 saturated carbocycles. The first-order chi connectivity index (χ1) is 7.43. The van der Waals surface area contributed by atoms with Crippen LogP contribution in [0.5, 0.6) is 0 Å². The van der Waals surface area contributed by atoms with Crippen molar-refractivity contribution >= 4 is 45.9 Å². The molecular weight excluding hydrogens is 309 g/mol. The van der Waals surface area contributed by atoms with Gasteiger partial charge in [-0.15, -0.1) is 0 Å². The van der Waals surface area contributed by atoms with E-state index in [1.54, 1.807) is 7.05 Å². The number of sulfonamides is 1. The molecule has 0 aromatic carbocycles. The second kappa shape index (κ2) is 3.21. The molecule has 0 radical (unpaired) electrons. The average Bonchev–Trinajstić information content (AvgIpc) is 2.73. The van der Waals surface area contributed by atoms with Gasteiger partial charge in [0.15, 0.2) is 0 Å². The summed E-state index contributed by atoms with van der Waals surface area (Å²) >= 11 is 1.89. The summed E-state index contributed by atoms with van der Waals surface area (Å²) in [5, 5.41) is 1.24. The second-order valence-corrected chi connectivity index (χ2v) is 10.3. The molecule has 0 spiro atoms. The normalized spacial score (nSPS) is 19.4. The van der Waals surface area contributed by atoms with Gasteiger partial charge in [0.2, 0.25) is 0 Å². The Morgan fingerprint density at radius 1 is 1.31 bits per heavy atom. The summed E-state index contributed by atoms with van der Waals surface area (Å²) in [6.45, 7) is 4.80. The summed E-state index contributed by atoms with van der Waals surface area (Å²) in [7, 11) is -1.52. The minimum absolute atomic E-state index is 0.432. The first-order valence-corrected chi connectivity index (χ1v) is 8.87. The van der Waals surface area contributed by atoms with Crippen molar-refractivity contribution in [1.82, 2.24) is 4.31 Å². The third kappa shape index (κ3) is 1.19. The second-order valence-electron chi connectivity index (χ2n) is 4.05. The van der Waals surface area contributed by atoms with Gasteiger partial charge in [0.05, 0.1) is 0 Å². The molecule has 6 heteroatoms. The summed E-state index contributed by atoms with van der Waals surface area (Å²) in [6, 6.07) is 0. The van der Waals surface area contributed by atoms with Gasteiger partial charge in [0, 0.05) is 0 Å². The third-order valence-electron chi connectivity index (χ3n) is 2.97. The van der Waals surface area contributed by atoms with Crippen LogP contribution in [0.1, 0.15) is 14.4 Å². The molecule has 0 N–H and O–H groups in total. The SMILES string of the molecule is Cc1[se]c(C)c2c3c(sc12)S(=O)(=O)N(C)C3. The van der Waals surface area contributed by atoms with Gasteiger partial charge < -0.3 is 0 Å². The van der Waals surface area contributed by atoms with Crippen molar-refractivity contribution in [1.29, 1.82) is 0 Å². The average molecular weight is 320 g/mol. The van der Waals surface area contributed by atoms with Crippen molar-refractivity contribution in [3.8, 4) is 0 Å². The van der Waals surface area contributed by atoms with Crippen LogP contribution in [0.4, 0.5) is 0 Å². The van der Waals surface area contributed by atoms with E-state index < -0.39 is 10.0 Å². The maximum absolute atomic E-state index is 12.0. The van der Waals surface area contributed by atoms with Crippen LogP contribution in [0.15, 0.2) is 4.21 Å². The number of hydrogen-bond donors (Lipinski definition) is 0. The van der Waals surface area contributed by atoms with E-state index in [1.807, 2.05) is 0 Å². The van der Waals surface area contributed by atoms with E-state index in [4.69, 9.17) is 0 Å². The van der Waals surface area contributed by atoms with Crippen LogP contribution in [0.3, 0.4) is 0 Å². The molecule has 0 aliphatic carbocycles. The summed E-state index contributed by atoms with van der Waals surface area (Å²) in [6.07, 6.45) is 0. The van der Waals surface area contributed by atoms with Crippen molar-refractivity contribution < 1.29 is 8.42 Å². The molecule has 0 bridgehead atoms. The fourth-order valence-corrected chi connectivity index (χ4v) is 7.99. The van der Waals surface area contributed by atoms with Crippen molar-refractivity contribution in [2.24, 2.45) is 0 Å². The molecule has 16 heavy (non-hydrogen) atoms. The van der Waals surface area contributed by atoms with Gasteiger partial charge in [0.1, 0.15) is 0 Å². The first kappa shape index (κ1) is 11.0. The van der Waals surface area contributed by atoms with Crippen molar-refractivity contribution in [3.63, 3.8) is 0 Å². The van der Waals surface area contributed by atoms with Crippen molar-refractivity contribution in [2.45, 2.75) is 24.6 Å². The van der Waals surface area contributed by atoms with E-state index in [9.17, 15) is 8.42 Å². The fourth-order valence-electron chi connectivity index (χ4n) is 2.19. The van der Waals surface area contributed by atoms with Crippen LogP contribution in [-0.2, 0) is 16.6 Å². The molecule has 2 aromatic heterocycles. The predicted octanol–water partition coefficient (Wildman–Crippen LogP) is 1.71. The Morgan fingerprint density at radius 2 is 2.00 bits per heavy atom. The Morgan fingerprint density at radius 3 is 2.69 bits per heavy atom. The third-order valence-corrected chi connectivity index (χ3v) is 9.10. The van der Waals surface area contributed by atoms with Crippen LogP contribution >= 0.6 is 11.3 Å². The molecule has 2 aromatic rings. The Bertz CT molecular complexity index is 696. The zero-order chi connectivity index (χ0) is 11.7. The van der Waals surface area contributed by atoms with Crippen LogP contribution in [-0.4, -0.2) is 34.3 Å². The van der Waals surface area contributed by atoms with Gasteiger partial charge >= 0.3 is 105 Å². The van der Waals surface area contributed by atoms with E-state index in [0.29, 0.717) is 25.3 Å². The van der Waals surface area contributed by atoms with Crippen LogP contribution in [0, 0.1) is 13.8 Å². The molecule has 1 aliphatic rings. The van der Waals surface area contributed by atoms with Gasteiger partial charge in [0.25, 0.3) is 0 Å². The molecule has 0 unspecified atom stereocenters. The Kier molecular flexibility index (Phi) is 2.20. The van der Waals surface area contributed by atoms with Gasteiger partial charge in [-0.1, -0.05) is 0 Å². The Hall–Kier alpha value is -0.131. The molecule has 86 valence electrons. The van der Waals surface area contributed by atoms with Crippen LogP contribution in [0.2, 0.25) is 0 Å². The maximum atomic E-state index is 12.0. The first-order valence-electron chi connectivity index (χ1n) is 4.90. The van der Waals surface area contributed by atoms with Gasteiger partial charge in [-0.2, -0.15) is 0 Å². The molecule has 0 saturated heterocycles. The molecule has 3 rings (SSSR count). The zero-order valence-electron chi connectivity index (χ0n) is 9.20. The summed E-state index contributed by atoms with van der Waals surface area (Å²) < 4.78 is 30.0. The zero-order valence-corrected chi connectivity index (χ0v) is 12.5. The van der Waals surface area contributed by atoms with E-state index in [2.05, 4.69) is 13.8 Å². The standard InChI is InChI=1S/C10H11NO2S2Se/c1-5-8-7-4-11(3)15(12,13)10(7)14-9(8)6(2)16-5/h4H2,1-3H3. The minimum atomic E-state index is -3.18. The van der Waals surface area contributed by atoms with E-state index in [0.717, 1.165) is 5.56 Å². The van der Waals surface area contributed by atoms with Gasteiger partial charge in [-0.25, -0.2) is 0 Å². The Balaban J connectivity index is 2.47. The predicted molar refractivity (Wildman–Crippen MR) is 66.9 cm³/mol. The fraction of sp³-hybridized carbons (Fsp3) is 0.400. The summed E-state index contributed by atoms with van der Waals surface area (Å²) in [4.78, 5) is 0. The van der Waals surface area contributed by atoms with Gasteiger partial charge in [-0.05, 0) is 0 Å². The summed E-state index contributed by atoms with van der Waals surface area (Å²) in [5.74, 6) is 0. The van der Waals surface area contributed by atoms with E-state index in [-0.39, 0.29) is 0 Å². The monoisotopic (exact) mass is 321 g/mol. The van der Waals surface area contributed by atoms with E-state index in [1.165, 1.54) is 34.6 Å². The number of aryl methyl sites for hydroxylation is 2. The Labute approximate surface area is 104 Å². The van der Waals surface area contributed by atoms with Crippen LogP contribution < -0.4 is 0 Å². The molecular formula is C10H11NO2S2Se. The number of thiophene rings is 1. The number of nitrogens with zero attached hydrogens (tertiary/aromatic N) is 1. The summed E-state index contributed by atoms with van der Waals surface area (Å²) in [5.41, 5.74) is 1.04. The number of fused-ring (bicyclic) bond motifs is 3. The van der Waals surface area contributed by atoms with E-state index >= 15 is 0 Å². The number of hydrogen-bond acceptors (Lipinski definition) is 3. The van der Waals surface area contributed by atoms with Crippen molar-refractivity contribution in [3.05, 3.63) is 14.4 Å². The molecule has 0 amide bonds. The molecule has 3 heterocycles. The quantitative estimate of drug-likeness (QED) is 0.693. The number of rotatable bonds is 0. The topological polar surface area (TPSA) is 37.4 Å². The molecule has 0 atom stereocenters.